The number of alkyl halides is 1. The zero-order valence-corrected chi connectivity index (χ0v) is 11.5. The van der Waals surface area contributed by atoms with E-state index >= 15 is 0 Å². The summed E-state index contributed by atoms with van der Waals surface area (Å²) in [6, 6.07) is 8.01. The summed E-state index contributed by atoms with van der Waals surface area (Å²) >= 11 is 4.44. The van der Waals surface area contributed by atoms with Crippen LogP contribution in [0.4, 0.5) is 5.13 Å². The molecule has 4 nitrogen and oxygen atoms in total. The lowest BCUT2D eigenvalue weighted by molar-refractivity contribution is -0.113. The molecule has 1 aromatic carbocycles. The number of aromatic nitrogens is 2. The van der Waals surface area contributed by atoms with Crippen molar-refractivity contribution < 1.29 is 4.79 Å². The summed E-state index contributed by atoms with van der Waals surface area (Å²) in [6.07, 6.45) is 0. The van der Waals surface area contributed by atoms with Crippen molar-refractivity contribution in [2.24, 2.45) is 0 Å². The molecule has 0 aliphatic heterocycles. The van der Waals surface area contributed by atoms with Gasteiger partial charge in [0.25, 0.3) is 0 Å². The number of hydrogen-bond donors (Lipinski definition) is 1. The molecule has 1 N–H and O–H groups in total. The molecule has 0 aliphatic carbocycles. The Balaban J connectivity index is 2.21. The fraction of sp³-hybridized carbons (Fsp3) is 0.182. The Morgan fingerprint density at radius 2 is 2.29 bits per heavy atom. The molecule has 0 atom stereocenters. The average molecular weight is 312 g/mol. The van der Waals surface area contributed by atoms with Gasteiger partial charge in [-0.3, -0.25) is 10.1 Å². The first-order chi connectivity index (χ1) is 8.19. The van der Waals surface area contributed by atoms with Crippen molar-refractivity contribution in [3.05, 3.63) is 29.8 Å². The highest BCUT2D eigenvalue weighted by Gasteiger charge is 2.08. The van der Waals surface area contributed by atoms with Crippen molar-refractivity contribution in [2.45, 2.75) is 6.92 Å². The van der Waals surface area contributed by atoms with E-state index in [4.69, 9.17) is 0 Å². The second-order valence-electron chi connectivity index (χ2n) is 3.46. The molecule has 0 fully saturated rings. The predicted molar refractivity (Wildman–Crippen MR) is 72.5 cm³/mol. The van der Waals surface area contributed by atoms with Crippen molar-refractivity contribution >= 4 is 38.3 Å². The SMILES string of the molecule is Cc1cccc(-c2nnc(NC(=O)CBr)s2)c1. The summed E-state index contributed by atoms with van der Waals surface area (Å²) in [5.74, 6) is -0.128. The first-order valence-electron chi connectivity index (χ1n) is 4.95. The number of nitrogens with one attached hydrogen (secondary N) is 1. The monoisotopic (exact) mass is 311 g/mol. The highest BCUT2D eigenvalue weighted by atomic mass is 79.9. The summed E-state index contributed by atoms with van der Waals surface area (Å²) in [5.41, 5.74) is 2.19. The molecule has 1 heterocycles. The van der Waals surface area contributed by atoms with Gasteiger partial charge in [0.1, 0.15) is 5.01 Å². The summed E-state index contributed by atoms with van der Waals surface area (Å²) < 4.78 is 0. The van der Waals surface area contributed by atoms with E-state index in [0.717, 1.165) is 10.6 Å². The summed E-state index contributed by atoms with van der Waals surface area (Å²) in [6.45, 7) is 2.03. The van der Waals surface area contributed by atoms with Crippen LogP contribution in [0.5, 0.6) is 0 Å². The van der Waals surface area contributed by atoms with E-state index in [-0.39, 0.29) is 11.2 Å². The van der Waals surface area contributed by atoms with E-state index in [1.807, 2.05) is 31.2 Å². The molecule has 0 aliphatic rings. The van der Waals surface area contributed by atoms with Crippen LogP contribution in [0, 0.1) is 6.92 Å². The van der Waals surface area contributed by atoms with Gasteiger partial charge in [-0.15, -0.1) is 10.2 Å². The lowest BCUT2D eigenvalue weighted by atomic mass is 10.1. The quantitative estimate of drug-likeness (QED) is 0.887. The number of carbonyl (C=O) groups is 1. The van der Waals surface area contributed by atoms with Crippen LogP contribution in [0.3, 0.4) is 0 Å². The third kappa shape index (κ3) is 3.10. The van der Waals surface area contributed by atoms with E-state index < -0.39 is 0 Å². The van der Waals surface area contributed by atoms with Crippen LogP contribution in [0.1, 0.15) is 5.56 Å². The molecule has 17 heavy (non-hydrogen) atoms. The van der Waals surface area contributed by atoms with E-state index in [1.165, 1.54) is 16.9 Å². The number of hydrogen-bond acceptors (Lipinski definition) is 4. The zero-order valence-electron chi connectivity index (χ0n) is 9.11. The molecule has 6 heteroatoms. The summed E-state index contributed by atoms with van der Waals surface area (Å²) in [7, 11) is 0. The van der Waals surface area contributed by atoms with Crippen LogP contribution in [0.2, 0.25) is 0 Å². The zero-order chi connectivity index (χ0) is 12.3. The third-order valence-electron chi connectivity index (χ3n) is 2.06. The number of benzene rings is 1. The van der Waals surface area contributed by atoms with Crippen molar-refractivity contribution in [3.8, 4) is 10.6 Å². The lowest BCUT2D eigenvalue weighted by Crippen LogP contribution is -2.11. The van der Waals surface area contributed by atoms with E-state index in [1.54, 1.807) is 0 Å². The van der Waals surface area contributed by atoms with Gasteiger partial charge in [0.15, 0.2) is 0 Å². The van der Waals surface area contributed by atoms with Crippen LogP contribution in [-0.4, -0.2) is 21.4 Å². The highest BCUT2D eigenvalue weighted by Crippen LogP contribution is 2.26. The van der Waals surface area contributed by atoms with Crippen LogP contribution >= 0.6 is 27.3 Å². The summed E-state index contributed by atoms with van der Waals surface area (Å²) in [4.78, 5) is 11.2. The molecule has 2 rings (SSSR count). The second-order valence-corrected chi connectivity index (χ2v) is 5.00. The Bertz CT molecular complexity index is 541. The molecule has 0 saturated carbocycles. The number of carbonyl (C=O) groups excluding carboxylic acids is 1. The van der Waals surface area contributed by atoms with Gasteiger partial charge in [-0.2, -0.15) is 0 Å². The van der Waals surface area contributed by atoms with Gasteiger partial charge in [0, 0.05) is 5.56 Å². The fourth-order valence-electron chi connectivity index (χ4n) is 1.32. The van der Waals surface area contributed by atoms with E-state index in [0.29, 0.717) is 5.13 Å². The second kappa shape index (κ2) is 5.37. The molecule has 1 amide bonds. The number of nitrogens with zero attached hydrogens (tertiary/aromatic N) is 2. The fourth-order valence-corrected chi connectivity index (χ4v) is 2.22. The van der Waals surface area contributed by atoms with Crippen LogP contribution < -0.4 is 5.32 Å². The first kappa shape index (κ1) is 12.2. The Kier molecular flexibility index (Phi) is 3.86. The Morgan fingerprint density at radius 1 is 1.47 bits per heavy atom. The molecule has 0 bridgehead atoms. The van der Waals surface area contributed by atoms with Crippen LogP contribution in [0.25, 0.3) is 10.6 Å². The number of anilines is 1. The maximum atomic E-state index is 11.2. The molecular weight excluding hydrogens is 302 g/mol. The Labute approximate surface area is 111 Å². The number of halogens is 1. The van der Waals surface area contributed by atoms with E-state index in [9.17, 15) is 4.79 Å². The predicted octanol–water partition coefficient (Wildman–Crippen LogP) is 2.85. The van der Waals surface area contributed by atoms with Crippen molar-refractivity contribution in [1.29, 1.82) is 0 Å². The molecule has 2 aromatic rings. The number of rotatable bonds is 3. The smallest absolute Gasteiger partial charge is 0.236 e. The molecule has 0 unspecified atom stereocenters. The minimum Gasteiger partial charge on any atom is -0.300 e. The maximum absolute atomic E-state index is 11.2. The topological polar surface area (TPSA) is 54.9 Å². The van der Waals surface area contributed by atoms with Gasteiger partial charge in [-0.25, -0.2) is 0 Å². The van der Waals surface area contributed by atoms with Gasteiger partial charge in [0.2, 0.25) is 11.0 Å². The minimum atomic E-state index is -0.128. The largest absolute Gasteiger partial charge is 0.300 e. The van der Waals surface area contributed by atoms with E-state index in [2.05, 4.69) is 31.4 Å². The van der Waals surface area contributed by atoms with Crippen molar-refractivity contribution in [2.75, 3.05) is 10.6 Å². The van der Waals surface area contributed by atoms with Crippen molar-refractivity contribution in [3.63, 3.8) is 0 Å². The average Bonchev–Trinajstić information content (AvgIpc) is 2.77. The molecule has 88 valence electrons. The van der Waals surface area contributed by atoms with Crippen molar-refractivity contribution in [1.82, 2.24) is 10.2 Å². The normalized spacial score (nSPS) is 10.2. The van der Waals surface area contributed by atoms with Gasteiger partial charge in [0.05, 0.1) is 5.33 Å². The first-order valence-corrected chi connectivity index (χ1v) is 6.89. The molecule has 0 spiro atoms. The number of aryl methyl sites for hydroxylation is 1. The van der Waals surface area contributed by atoms with Crippen LogP contribution in [-0.2, 0) is 4.79 Å². The number of amides is 1. The third-order valence-corrected chi connectivity index (χ3v) is 3.45. The Morgan fingerprint density at radius 3 is 3.00 bits per heavy atom. The Hall–Kier alpha value is -1.27. The van der Waals surface area contributed by atoms with Gasteiger partial charge in [-0.1, -0.05) is 51.0 Å². The highest BCUT2D eigenvalue weighted by molar-refractivity contribution is 9.09. The molecular formula is C11H10BrN3OS. The lowest BCUT2D eigenvalue weighted by Gasteiger charge is -1.96. The van der Waals surface area contributed by atoms with Gasteiger partial charge < -0.3 is 0 Å². The van der Waals surface area contributed by atoms with Crippen LogP contribution in [0.15, 0.2) is 24.3 Å². The molecule has 0 saturated heterocycles. The standard InChI is InChI=1S/C11H10BrN3OS/c1-7-3-2-4-8(5-7)10-14-15-11(17-10)13-9(16)6-12/h2-5H,6H2,1H3,(H,13,15,16). The van der Waals surface area contributed by atoms with Gasteiger partial charge in [-0.05, 0) is 13.0 Å². The summed E-state index contributed by atoms with van der Waals surface area (Å²) in [5, 5.41) is 12.2. The molecule has 0 radical (unpaired) electrons. The maximum Gasteiger partial charge on any atom is 0.236 e. The van der Waals surface area contributed by atoms with Gasteiger partial charge >= 0.3 is 0 Å². The molecule has 1 aromatic heterocycles. The minimum absolute atomic E-state index is 0.128.